The van der Waals surface area contributed by atoms with Gasteiger partial charge in [-0.05, 0) is 46.9 Å². The maximum atomic E-state index is 14.9. The first-order chi connectivity index (χ1) is 33.9. The molecule has 5 bridgehead atoms. The molecular formula is C53H73IN6O12. The molecule has 394 valence electrons. The van der Waals surface area contributed by atoms with Crippen molar-refractivity contribution in [1.82, 2.24) is 14.7 Å². The lowest BCUT2D eigenvalue weighted by Crippen LogP contribution is -2.47. The predicted molar refractivity (Wildman–Crippen MR) is 279 cm³/mol. The third kappa shape index (κ3) is 10.9. The normalized spacial score (nSPS) is 31.5. The monoisotopic (exact) mass is 1110 g/mol. The van der Waals surface area contributed by atoms with Gasteiger partial charge in [-0.3, -0.25) is 24.2 Å². The minimum absolute atomic E-state index is 0.0284. The van der Waals surface area contributed by atoms with Gasteiger partial charge in [0.15, 0.2) is 5.75 Å². The number of Topliss-reactive ketones (excluding diaryl/α,β-unsaturated/α-hetero) is 1. The number of nitrogens with zero attached hydrogens (tertiary/aromatic N) is 5. The van der Waals surface area contributed by atoms with Crippen molar-refractivity contribution in [2.75, 3.05) is 59.2 Å². The Kier molecular flexibility index (Phi) is 16.9. The molecule has 1 unspecified atom stereocenters. The van der Waals surface area contributed by atoms with Gasteiger partial charge in [-0.2, -0.15) is 0 Å². The highest BCUT2D eigenvalue weighted by Gasteiger charge is 2.51. The summed E-state index contributed by atoms with van der Waals surface area (Å²) >= 11 is 2.40. The van der Waals surface area contributed by atoms with Crippen LogP contribution in [-0.2, 0) is 28.6 Å². The summed E-state index contributed by atoms with van der Waals surface area (Å²) in [4.78, 5) is 71.9. The Morgan fingerprint density at radius 1 is 0.958 bits per heavy atom. The topological polar surface area (TPSA) is 233 Å². The van der Waals surface area contributed by atoms with Gasteiger partial charge in [0, 0.05) is 110 Å². The molecule has 0 radical (unpaired) electrons. The number of aliphatic hydroxyl groups excluding tert-OH is 2. The van der Waals surface area contributed by atoms with Crippen molar-refractivity contribution in [3.8, 4) is 17.2 Å². The van der Waals surface area contributed by atoms with E-state index in [9.17, 15) is 39.6 Å². The van der Waals surface area contributed by atoms with Gasteiger partial charge in [-0.25, -0.2) is 4.99 Å². The molecule has 2 aromatic rings. The number of piperidine rings is 2. The molecule has 1 spiro atoms. The zero-order valence-corrected chi connectivity index (χ0v) is 45.6. The van der Waals surface area contributed by atoms with Crippen LogP contribution in [0.1, 0.15) is 96.5 Å². The maximum Gasteiger partial charge on any atom is 0.315 e. The van der Waals surface area contributed by atoms with E-state index >= 15 is 0 Å². The number of phenolic OH excluding ortho intramolecular Hbond substituents is 2. The van der Waals surface area contributed by atoms with E-state index in [-0.39, 0.29) is 49.8 Å². The van der Waals surface area contributed by atoms with E-state index in [1.807, 2.05) is 14.1 Å². The van der Waals surface area contributed by atoms with E-state index in [2.05, 4.69) is 49.6 Å². The fourth-order valence-corrected chi connectivity index (χ4v) is 11.5. The Morgan fingerprint density at radius 2 is 1.62 bits per heavy atom. The number of aliphatic hydroxyl groups is 2. The van der Waals surface area contributed by atoms with Crippen LogP contribution in [-0.4, -0.2) is 158 Å². The largest absolute Gasteiger partial charge is 0.507 e. The van der Waals surface area contributed by atoms with E-state index in [0.29, 0.717) is 54.7 Å². The Morgan fingerprint density at radius 3 is 2.25 bits per heavy atom. The first-order valence-electron chi connectivity index (χ1n) is 25.1. The molecule has 2 amide bonds. The molecule has 6 heterocycles. The lowest BCUT2D eigenvalue weighted by Gasteiger charge is -2.38. The number of hydrogen-bond donors (Lipinski definition) is 5. The van der Waals surface area contributed by atoms with Gasteiger partial charge in [0.2, 0.25) is 5.91 Å². The number of methoxy groups -OCH3 is 1. The molecule has 2 aromatic carbocycles. The van der Waals surface area contributed by atoms with Crippen LogP contribution in [0.5, 0.6) is 17.2 Å². The van der Waals surface area contributed by atoms with Gasteiger partial charge in [0.1, 0.15) is 40.4 Å². The smallest absolute Gasteiger partial charge is 0.315 e. The minimum Gasteiger partial charge on any atom is -0.507 e. The van der Waals surface area contributed by atoms with Gasteiger partial charge in [0.05, 0.1) is 41.2 Å². The average Bonchev–Trinajstić information content (AvgIpc) is 3.84. The van der Waals surface area contributed by atoms with Crippen LogP contribution in [0.15, 0.2) is 46.1 Å². The van der Waals surface area contributed by atoms with Crippen molar-refractivity contribution in [3.05, 3.63) is 58.0 Å². The number of amides is 2. The molecule has 6 aliphatic heterocycles. The summed E-state index contributed by atoms with van der Waals surface area (Å²) in [5, 5.41) is 51.3. The first-order valence-corrected chi connectivity index (χ1v) is 26.3. The van der Waals surface area contributed by atoms with E-state index in [4.69, 9.17) is 23.9 Å². The lowest BCUT2D eigenvalue weighted by atomic mass is 9.78. The van der Waals surface area contributed by atoms with Crippen LogP contribution >= 0.6 is 22.6 Å². The Hall–Kier alpha value is -4.67. The number of ether oxygens (including phenoxy) is 4. The second-order valence-corrected chi connectivity index (χ2v) is 23.1. The number of likely N-dealkylation sites (tertiary alicyclic amines) is 2. The molecule has 72 heavy (non-hydrogen) atoms. The number of aromatic hydroxyl groups is 2. The third-order valence-corrected chi connectivity index (χ3v) is 16.0. The predicted octanol–water partition coefficient (Wildman–Crippen LogP) is 4.84. The number of esters is 1. The number of fused-ring (bicyclic) bond motifs is 13. The molecule has 5 N–H and O–H groups in total. The molecule has 2 saturated heterocycles. The van der Waals surface area contributed by atoms with E-state index in [1.165, 1.54) is 32.4 Å². The second-order valence-electron chi connectivity index (χ2n) is 21.0. The van der Waals surface area contributed by atoms with Crippen molar-refractivity contribution < 1.29 is 58.6 Å². The summed E-state index contributed by atoms with van der Waals surface area (Å²) in [7, 11) is 5.46. The van der Waals surface area contributed by atoms with E-state index in [1.54, 1.807) is 58.6 Å². The molecule has 18 nitrogen and oxygen atoms in total. The van der Waals surface area contributed by atoms with Crippen LogP contribution < -0.4 is 20.8 Å². The highest BCUT2D eigenvalue weighted by Crippen LogP contribution is 2.51. The van der Waals surface area contributed by atoms with Gasteiger partial charge in [-0.15, -0.1) is 0 Å². The number of anilines is 1. The quantitative estimate of drug-likeness (QED) is 0.0821. The number of hydrogen-bond acceptors (Lipinski definition) is 16. The van der Waals surface area contributed by atoms with E-state index < -0.39 is 95.1 Å². The van der Waals surface area contributed by atoms with Gasteiger partial charge in [-0.1, -0.05) is 75.4 Å². The zero-order chi connectivity index (χ0) is 52.7. The van der Waals surface area contributed by atoms with Crippen LogP contribution in [0.25, 0.3) is 10.8 Å². The number of ketones is 1. The van der Waals surface area contributed by atoms with Crippen molar-refractivity contribution >= 4 is 62.6 Å². The summed E-state index contributed by atoms with van der Waals surface area (Å²) in [6.45, 7) is 16.9. The number of alkyl halides is 1. The van der Waals surface area contributed by atoms with Crippen LogP contribution in [0.3, 0.4) is 0 Å². The molecule has 19 heteroatoms. The van der Waals surface area contributed by atoms with Gasteiger partial charge < -0.3 is 59.4 Å². The molecule has 2 fully saturated rings. The third-order valence-electron chi connectivity index (χ3n) is 15.6. The Balaban J connectivity index is 1.30. The van der Waals surface area contributed by atoms with E-state index in [0.717, 1.165) is 19.4 Å². The first kappa shape index (κ1) is 55.1. The molecular weight excluding hydrogens is 1040 g/mol. The maximum absolute atomic E-state index is 14.9. The zero-order valence-electron chi connectivity index (χ0n) is 43.4. The summed E-state index contributed by atoms with van der Waals surface area (Å²) < 4.78 is 25.1. The molecule has 0 aliphatic carbocycles. The van der Waals surface area contributed by atoms with Crippen LogP contribution in [0.2, 0.25) is 0 Å². The Bertz CT molecular complexity index is 2660. The van der Waals surface area contributed by atoms with Crippen LogP contribution in [0.4, 0.5) is 5.69 Å². The second kappa shape index (κ2) is 22.0. The average molecular weight is 1110 g/mol. The SMILES string of the molecule is CO[C@H]1/C=C/O[C@@]2(C)Oc3c(C)c(O)c4c(O)c(c5c(c4c3C2=O)NC2(CCN(CC(C)I)CC2)N=5)=NC(=O)/C(C)=C\C=C\[C@H](C)[C@H](O)[C@@H](C)[C@@H](O)[C@@H](C)[C@H](OC(=O)CC(=O)N2CCC(N(C)C)CC2)[C@@H]1C. The summed E-state index contributed by atoms with van der Waals surface area (Å²) in [6.07, 6.45) is 5.50. The highest BCUT2D eigenvalue weighted by atomic mass is 127. The summed E-state index contributed by atoms with van der Waals surface area (Å²) in [5.74, 6) is -8.21. The highest BCUT2D eigenvalue weighted by molar-refractivity contribution is 14.1. The Labute approximate surface area is 435 Å². The number of halogens is 1. The molecule has 0 aromatic heterocycles. The number of carbonyl (C=O) groups excluding carboxylic acids is 4. The van der Waals surface area contributed by atoms with Crippen molar-refractivity contribution in [2.45, 2.75) is 133 Å². The number of carbonyl (C=O) groups is 4. The number of benzene rings is 2. The number of phenols is 2. The molecule has 0 saturated carbocycles. The van der Waals surface area contributed by atoms with Gasteiger partial charge in [0.25, 0.3) is 11.7 Å². The lowest BCUT2D eigenvalue weighted by molar-refractivity contribution is -0.165. The number of nitrogens with one attached hydrogen (secondary N) is 1. The number of allylic oxidation sites excluding steroid dienone is 2. The van der Waals surface area contributed by atoms with Gasteiger partial charge >= 0.3 is 11.8 Å². The summed E-state index contributed by atoms with van der Waals surface area (Å²) in [5.41, 5.74) is -0.230. The molecule has 10 atom stereocenters. The van der Waals surface area contributed by atoms with Crippen molar-refractivity contribution in [1.29, 1.82) is 0 Å². The molecule has 8 rings (SSSR count). The molecule has 6 aliphatic rings. The van der Waals surface area contributed by atoms with Crippen molar-refractivity contribution in [3.63, 3.8) is 0 Å². The minimum atomic E-state index is -2.01. The number of rotatable bonds is 7. The van der Waals surface area contributed by atoms with Crippen molar-refractivity contribution in [2.24, 2.45) is 33.7 Å². The fourth-order valence-electron chi connectivity index (χ4n) is 10.9. The summed E-state index contributed by atoms with van der Waals surface area (Å²) in [6, 6.07) is 0.333. The van der Waals surface area contributed by atoms with Crippen LogP contribution in [0, 0.1) is 30.6 Å². The standard InChI is InChI=1S/C53H73IN6O12/c1-27-13-12-14-28(2)51(68)55-43-42-41(56-53(57-42)18-22-59(23-19-53)26-29(3)54)38-39(47(43)66)46(65)33(7)49-40(38)50(67)52(8,72-49)70-24-17-35(69-11)30(4)48(32(6)45(64)31(5)44(27)63)71-37(62)25-36(61)60-20-15-34(16-21-60)58(9)10/h12-14,17,24,27,29-32,34-35,44-45,48,56,63-66H,15-16,18-23,25-26H2,1-11H3/b13-12+,24-17+,28-14-,55-43?/t27-,29?,30+,31+,32+,35-,44-,45+,48+,52-/m0/s1. The fraction of sp³-hybridized carbons (Fsp3) is 0.623.